The number of hydrogen-bond donors (Lipinski definition) is 3. The van der Waals surface area contributed by atoms with E-state index in [0.29, 0.717) is 5.56 Å². The molecule has 4 N–H and O–H groups in total. The lowest BCUT2D eigenvalue weighted by molar-refractivity contribution is 0.597. The summed E-state index contributed by atoms with van der Waals surface area (Å²) in [6.07, 6.45) is 0. The van der Waals surface area contributed by atoms with Gasteiger partial charge >= 0.3 is 0 Å². The molecule has 0 atom stereocenters. The smallest absolute Gasteiger partial charge is 0.265 e. The Bertz CT molecular complexity index is 724. The lowest BCUT2D eigenvalue weighted by Gasteiger charge is -2.09. The van der Waals surface area contributed by atoms with Crippen molar-refractivity contribution in [1.82, 2.24) is 10.2 Å². The second-order valence-corrected chi connectivity index (χ2v) is 5.73. The zero-order chi connectivity index (χ0) is 14.2. The van der Waals surface area contributed by atoms with Crippen LogP contribution in [0, 0.1) is 19.7 Å². The Morgan fingerprint density at radius 1 is 1.37 bits per heavy atom. The van der Waals surface area contributed by atoms with Crippen molar-refractivity contribution in [2.24, 2.45) is 0 Å². The number of para-hydroxylation sites is 1. The molecule has 0 unspecified atom stereocenters. The van der Waals surface area contributed by atoms with Gasteiger partial charge in [-0.25, -0.2) is 12.8 Å². The predicted octanol–water partition coefficient (Wildman–Crippen LogP) is 1.55. The highest BCUT2D eigenvalue weighted by molar-refractivity contribution is 7.92. The Balaban J connectivity index is 2.44. The molecule has 8 heteroatoms. The van der Waals surface area contributed by atoms with E-state index >= 15 is 0 Å². The number of aromatic nitrogens is 2. The van der Waals surface area contributed by atoms with Crippen LogP contribution >= 0.6 is 0 Å². The number of sulfonamides is 1. The zero-order valence-corrected chi connectivity index (χ0v) is 11.2. The van der Waals surface area contributed by atoms with Gasteiger partial charge in [-0.15, -0.1) is 0 Å². The predicted molar refractivity (Wildman–Crippen MR) is 69.7 cm³/mol. The van der Waals surface area contributed by atoms with Crippen LogP contribution in [-0.4, -0.2) is 18.6 Å². The number of rotatable bonds is 3. The number of anilines is 2. The average Bonchev–Trinajstić information content (AvgIpc) is 2.64. The molecule has 0 aliphatic carbocycles. The van der Waals surface area contributed by atoms with Gasteiger partial charge in [-0.3, -0.25) is 9.82 Å². The third-order valence-corrected chi connectivity index (χ3v) is 4.18. The SMILES string of the molecule is Cc1[nH]nc(NS(=O)(=O)c2cccc(F)c2N)c1C. The summed E-state index contributed by atoms with van der Waals surface area (Å²) in [5, 5.41) is 6.48. The number of H-pyrrole nitrogens is 1. The zero-order valence-electron chi connectivity index (χ0n) is 10.4. The van der Waals surface area contributed by atoms with Gasteiger partial charge in [0, 0.05) is 11.3 Å². The number of aryl methyl sites for hydroxylation is 1. The molecule has 0 bridgehead atoms. The molecule has 2 aromatic rings. The summed E-state index contributed by atoms with van der Waals surface area (Å²) < 4.78 is 39.8. The van der Waals surface area contributed by atoms with Crippen LogP contribution in [0.2, 0.25) is 0 Å². The molecule has 0 fully saturated rings. The second-order valence-electron chi connectivity index (χ2n) is 4.08. The summed E-state index contributed by atoms with van der Waals surface area (Å²) in [5.41, 5.74) is 6.43. The molecular weight excluding hydrogens is 271 g/mol. The Hall–Kier alpha value is -2.09. The van der Waals surface area contributed by atoms with Gasteiger partial charge in [0.25, 0.3) is 10.0 Å². The van der Waals surface area contributed by atoms with E-state index in [9.17, 15) is 12.8 Å². The molecule has 0 aliphatic heterocycles. The monoisotopic (exact) mass is 284 g/mol. The number of nitrogens with one attached hydrogen (secondary N) is 2. The Kier molecular flexibility index (Phi) is 3.19. The highest BCUT2D eigenvalue weighted by Crippen LogP contribution is 2.24. The van der Waals surface area contributed by atoms with Crippen molar-refractivity contribution in [1.29, 1.82) is 0 Å². The largest absolute Gasteiger partial charge is 0.395 e. The van der Waals surface area contributed by atoms with Gasteiger partial charge in [0.1, 0.15) is 10.7 Å². The van der Waals surface area contributed by atoms with E-state index in [1.165, 1.54) is 12.1 Å². The number of hydrogen-bond acceptors (Lipinski definition) is 4. The van der Waals surface area contributed by atoms with Crippen molar-refractivity contribution >= 4 is 21.5 Å². The summed E-state index contributed by atoms with van der Waals surface area (Å²) in [4.78, 5) is -0.312. The number of aromatic amines is 1. The van der Waals surface area contributed by atoms with Crippen LogP contribution in [-0.2, 0) is 10.0 Å². The minimum absolute atomic E-state index is 0.168. The number of nitrogens with zero attached hydrogens (tertiary/aromatic N) is 1. The van der Waals surface area contributed by atoms with E-state index in [1.807, 2.05) is 0 Å². The fourth-order valence-corrected chi connectivity index (χ4v) is 2.73. The Morgan fingerprint density at radius 2 is 2.05 bits per heavy atom. The maximum absolute atomic E-state index is 13.3. The molecule has 0 aliphatic rings. The molecule has 1 aromatic carbocycles. The van der Waals surface area contributed by atoms with E-state index < -0.39 is 21.5 Å². The lowest BCUT2D eigenvalue weighted by Crippen LogP contribution is -2.16. The van der Waals surface area contributed by atoms with E-state index in [-0.39, 0.29) is 10.7 Å². The van der Waals surface area contributed by atoms with Gasteiger partial charge in [0.2, 0.25) is 0 Å². The van der Waals surface area contributed by atoms with Crippen LogP contribution < -0.4 is 10.5 Å². The van der Waals surface area contributed by atoms with Crippen molar-refractivity contribution in [2.45, 2.75) is 18.7 Å². The third-order valence-electron chi connectivity index (χ3n) is 2.79. The quantitative estimate of drug-likeness (QED) is 0.744. The molecular formula is C11H13FN4O2S. The summed E-state index contributed by atoms with van der Waals surface area (Å²) >= 11 is 0. The van der Waals surface area contributed by atoms with Crippen LogP contribution in [0.25, 0.3) is 0 Å². The Labute approximate surface area is 109 Å². The van der Waals surface area contributed by atoms with Crippen LogP contribution in [0.5, 0.6) is 0 Å². The molecule has 0 saturated carbocycles. The molecule has 102 valence electrons. The van der Waals surface area contributed by atoms with Gasteiger partial charge in [-0.1, -0.05) is 6.07 Å². The summed E-state index contributed by atoms with van der Waals surface area (Å²) in [6, 6.07) is 3.61. The maximum atomic E-state index is 13.3. The summed E-state index contributed by atoms with van der Waals surface area (Å²) in [6.45, 7) is 3.47. The third kappa shape index (κ3) is 2.39. The van der Waals surface area contributed by atoms with Crippen LogP contribution in [0.15, 0.2) is 23.1 Å². The molecule has 2 rings (SSSR count). The van der Waals surface area contributed by atoms with Crippen LogP contribution in [0.1, 0.15) is 11.3 Å². The fourth-order valence-electron chi connectivity index (χ4n) is 1.52. The number of halogens is 1. The maximum Gasteiger partial charge on any atom is 0.265 e. The van der Waals surface area contributed by atoms with Crippen LogP contribution in [0.4, 0.5) is 15.9 Å². The number of nitrogens with two attached hydrogens (primary N) is 1. The minimum Gasteiger partial charge on any atom is -0.395 e. The molecule has 0 spiro atoms. The molecule has 1 aromatic heterocycles. The lowest BCUT2D eigenvalue weighted by atomic mass is 10.3. The first kappa shape index (κ1) is 13.3. The van der Waals surface area contributed by atoms with Crippen molar-refractivity contribution in [2.75, 3.05) is 10.5 Å². The molecule has 6 nitrogen and oxygen atoms in total. The van der Waals surface area contributed by atoms with Gasteiger partial charge in [0.15, 0.2) is 5.82 Å². The number of nitrogen functional groups attached to an aromatic ring is 1. The van der Waals surface area contributed by atoms with Gasteiger partial charge in [-0.2, -0.15) is 5.10 Å². The molecule has 1 heterocycles. The summed E-state index contributed by atoms with van der Waals surface area (Å²) in [5.74, 6) is -0.612. The Morgan fingerprint density at radius 3 is 2.63 bits per heavy atom. The van der Waals surface area contributed by atoms with Crippen molar-refractivity contribution < 1.29 is 12.8 Å². The minimum atomic E-state index is -3.97. The fraction of sp³-hybridized carbons (Fsp3) is 0.182. The van der Waals surface area contributed by atoms with Crippen molar-refractivity contribution in [3.63, 3.8) is 0 Å². The van der Waals surface area contributed by atoms with E-state index in [0.717, 1.165) is 11.8 Å². The highest BCUT2D eigenvalue weighted by Gasteiger charge is 2.21. The highest BCUT2D eigenvalue weighted by atomic mass is 32.2. The molecule has 0 radical (unpaired) electrons. The molecule has 0 saturated heterocycles. The van der Waals surface area contributed by atoms with Crippen molar-refractivity contribution in [3.05, 3.63) is 35.3 Å². The van der Waals surface area contributed by atoms with E-state index in [2.05, 4.69) is 14.9 Å². The topological polar surface area (TPSA) is 101 Å². The molecule has 0 amide bonds. The standard InChI is InChI=1S/C11H13FN4O2S/c1-6-7(2)14-15-11(6)16-19(17,18)9-5-3-4-8(12)10(9)13/h3-5H,13H2,1-2H3,(H2,14,15,16). The van der Waals surface area contributed by atoms with Gasteiger partial charge in [-0.05, 0) is 26.0 Å². The normalized spacial score (nSPS) is 11.5. The summed E-state index contributed by atoms with van der Waals surface area (Å²) in [7, 11) is -3.97. The first-order valence-corrected chi connectivity index (χ1v) is 6.89. The van der Waals surface area contributed by atoms with Crippen molar-refractivity contribution in [3.8, 4) is 0 Å². The average molecular weight is 284 g/mol. The second kappa shape index (κ2) is 4.54. The van der Waals surface area contributed by atoms with E-state index in [1.54, 1.807) is 13.8 Å². The van der Waals surface area contributed by atoms with Crippen LogP contribution in [0.3, 0.4) is 0 Å². The number of benzene rings is 1. The first-order chi connectivity index (χ1) is 8.83. The molecule has 19 heavy (non-hydrogen) atoms. The van der Waals surface area contributed by atoms with Gasteiger partial charge in [0.05, 0.1) is 5.69 Å². The first-order valence-electron chi connectivity index (χ1n) is 5.41. The van der Waals surface area contributed by atoms with E-state index in [4.69, 9.17) is 5.73 Å². The van der Waals surface area contributed by atoms with Gasteiger partial charge < -0.3 is 5.73 Å².